The maximum atomic E-state index is 11.3. The standard InChI is InChI=1S/C12H29O4PTe/c1-4-7-10-18(11-8-5-2,12-9-6-3)16-17(13,14)15/h4-12H2,1-3H3,(H2,13,14,15). The Bertz CT molecular complexity index is 233. The zero-order valence-electron chi connectivity index (χ0n) is 11.9. The Hall–Kier alpha value is 0.900. The summed E-state index contributed by atoms with van der Waals surface area (Å²) in [5.74, 6) is 0. The van der Waals surface area contributed by atoms with Gasteiger partial charge in [-0.3, -0.25) is 0 Å². The summed E-state index contributed by atoms with van der Waals surface area (Å²) in [5.41, 5.74) is 0. The van der Waals surface area contributed by atoms with Crippen molar-refractivity contribution < 1.29 is 17.2 Å². The molecule has 0 aromatic carbocycles. The van der Waals surface area contributed by atoms with Crippen LogP contribution >= 0.6 is 7.82 Å². The molecule has 0 bridgehead atoms. The molecule has 6 heteroatoms. The SMILES string of the molecule is CCCC[Te](CCCC)(CCCC)OP(=O)(O)O. The number of rotatable bonds is 11. The molecule has 0 aliphatic carbocycles. The van der Waals surface area contributed by atoms with E-state index in [1.807, 2.05) is 0 Å². The van der Waals surface area contributed by atoms with E-state index in [1.165, 1.54) is 0 Å². The molecule has 0 atom stereocenters. The summed E-state index contributed by atoms with van der Waals surface area (Å²) in [7, 11) is -4.32. The summed E-state index contributed by atoms with van der Waals surface area (Å²) in [4.78, 5) is 18.4. The van der Waals surface area contributed by atoms with Crippen LogP contribution in [-0.4, -0.2) is 28.4 Å². The van der Waals surface area contributed by atoms with Crippen molar-refractivity contribution in [1.29, 1.82) is 0 Å². The Balaban J connectivity index is 4.78. The minimum absolute atomic E-state index is 0.935. The molecule has 0 heterocycles. The van der Waals surface area contributed by atoms with E-state index in [9.17, 15) is 14.4 Å². The van der Waals surface area contributed by atoms with Crippen LogP contribution in [0, 0.1) is 0 Å². The second-order valence-corrected chi connectivity index (χ2v) is 16.1. The third kappa shape index (κ3) is 8.91. The van der Waals surface area contributed by atoms with Gasteiger partial charge in [0.25, 0.3) is 0 Å². The van der Waals surface area contributed by atoms with Gasteiger partial charge in [-0.15, -0.1) is 0 Å². The van der Waals surface area contributed by atoms with E-state index < -0.39 is 26.4 Å². The molecule has 0 fully saturated rings. The van der Waals surface area contributed by atoms with Gasteiger partial charge in [0.05, 0.1) is 0 Å². The second kappa shape index (κ2) is 9.75. The van der Waals surface area contributed by atoms with E-state index in [2.05, 4.69) is 20.8 Å². The van der Waals surface area contributed by atoms with Crippen LogP contribution in [0.25, 0.3) is 0 Å². The number of phosphoric acid groups is 1. The zero-order chi connectivity index (χ0) is 14.1. The van der Waals surface area contributed by atoms with E-state index in [4.69, 9.17) is 2.89 Å². The Morgan fingerprint density at radius 1 is 0.889 bits per heavy atom. The fourth-order valence-corrected chi connectivity index (χ4v) is 16.6. The van der Waals surface area contributed by atoms with Crippen LogP contribution in [0.3, 0.4) is 0 Å². The molecule has 0 aliphatic heterocycles. The molecule has 2 N–H and O–H groups in total. The molecule has 0 radical (unpaired) electrons. The Labute approximate surface area is 116 Å². The number of hydrogen-bond donors (Lipinski definition) is 2. The number of hydrogen-bond acceptors (Lipinski definition) is 2. The van der Waals surface area contributed by atoms with Crippen LogP contribution in [0.2, 0.25) is 13.4 Å². The molecule has 0 unspecified atom stereocenters. The van der Waals surface area contributed by atoms with Crippen LogP contribution in [0.1, 0.15) is 59.3 Å². The Kier molecular flexibility index (Phi) is 10.2. The van der Waals surface area contributed by atoms with Crippen molar-refractivity contribution in [3.8, 4) is 0 Å². The van der Waals surface area contributed by atoms with Crippen molar-refractivity contribution in [2.75, 3.05) is 0 Å². The molecule has 0 aromatic heterocycles. The van der Waals surface area contributed by atoms with Gasteiger partial charge in [0.1, 0.15) is 0 Å². The molecule has 0 saturated carbocycles. The fourth-order valence-electron chi connectivity index (χ4n) is 1.85. The Morgan fingerprint density at radius 2 is 1.22 bits per heavy atom. The third-order valence-corrected chi connectivity index (χ3v) is 16.6. The molecule has 4 nitrogen and oxygen atoms in total. The first-order valence-electron chi connectivity index (χ1n) is 6.92. The third-order valence-electron chi connectivity index (χ3n) is 2.86. The summed E-state index contributed by atoms with van der Waals surface area (Å²) in [5, 5.41) is 0. The second-order valence-electron chi connectivity index (χ2n) is 4.70. The van der Waals surface area contributed by atoms with E-state index in [0.29, 0.717) is 0 Å². The molecule has 0 aromatic rings. The molecule has 0 rings (SSSR count). The predicted octanol–water partition coefficient (Wildman–Crippen LogP) is 4.44. The van der Waals surface area contributed by atoms with Crippen molar-refractivity contribution in [3.63, 3.8) is 0 Å². The van der Waals surface area contributed by atoms with Crippen LogP contribution in [-0.2, 0) is 7.45 Å². The van der Waals surface area contributed by atoms with E-state index in [-0.39, 0.29) is 0 Å². The van der Waals surface area contributed by atoms with Gasteiger partial charge < -0.3 is 0 Å². The molecule has 0 spiro atoms. The predicted molar refractivity (Wildman–Crippen MR) is 78.0 cm³/mol. The molecular weight excluding hydrogens is 367 g/mol. The van der Waals surface area contributed by atoms with E-state index >= 15 is 0 Å². The summed E-state index contributed by atoms with van der Waals surface area (Å²) >= 11 is -2.86. The molecule has 0 saturated heterocycles. The maximum absolute atomic E-state index is 11.3. The number of unbranched alkanes of at least 4 members (excludes halogenated alkanes) is 3. The van der Waals surface area contributed by atoms with Gasteiger partial charge in [0.15, 0.2) is 0 Å². The van der Waals surface area contributed by atoms with Crippen molar-refractivity contribution in [1.82, 2.24) is 0 Å². The summed E-state index contributed by atoms with van der Waals surface area (Å²) in [6, 6.07) is 0. The average molecular weight is 396 g/mol. The quantitative estimate of drug-likeness (QED) is 0.401. The molecular formula is C12H29O4PTe. The molecule has 18 heavy (non-hydrogen) atoms. The van der Waals surface area contributed by atoms with Crippen molar-refractivity contribution in [2.45, 2.75) is 72.7 Å². The first-order chi connectivity index (χ1) is 8.39. The van der Waals surface area contributed by atoms with Crippen LogP contribution in [0.4, 0.5) is 0 Å². The van der Waals surface area contributed by atoms with E-state index in [1.54, 1.807) is 0 Å². The van der Waals surface area contributed by atoms with E-state index in [0.717, 1.165) is 51.9 Å². The van der Waals surface area contributed by atoms with Crippen LogP contribution in [0.5, 0.6) is 0 Å². The van der Waals surface area contributed by atoms with Crippen molar-refractivity contribution >= 4 is 26.4 Å². The van der Waals surface area contributed by atoms with Gasteiger partial charge in [-0.05, 0) is 0 Å². The normalized spacial score (nSPS) is 13.8. The van der Waals surface area contributed by atoms with Gasteiger partial charge in [0.2, 0.25) is 0 Å². The van der Waals surface area contributed by atoms with Gasteiger partial charge in [0, 0.05) is 0 Å². The Morgan fingerprint density at radius 3 is 1.44 bits per heavy atom. The fraction of sp³-hybridized carbons (Fsp3) is 1.00. The van der Waals surface area contributed by atoms with Crippen LogP contribution < -0.4 is 0 Å². The van der Waals surface area contributed by atoms with Gasteiger partial charge in [-0.25, -0.2) is 0 Å². The van der Waals surface area contributed by atoms with Gasteiger partial charge >= 0.3 is 116 Å². The monoisotopic (exact) mass is 398 g/mol. The average Bonchev–Trinajstić information content (AvgIpc) is 2.29. The van der Waals surface area contributed by atoms with Crippen molar-refractivity contribution in [2.24, 2.45) is 0 Å². The zero-order valence-corrected chi connectivity index (χ0v) is 15.2. The summed E-state index contributed by atoms with van der Waals surface area (Å²) in [6.07, 6.45) is 6.31. The summed E-state index contributed by atoms with van der Waals surface area (Å²) in [6.45, 7) is 6.35. The van der Waals surface area contributed by atoms with Gasteiger partial charge in [-0.1, -0.05) is 0 Å². The topological polar surface area (TPSA) is 66.8 Å². The van der Waals surface area contributed by atoms with Crippen molar-refractivity contribution in [3.05, 3.63) is 0 Å². The summed E-state index contributed by atoms with van der Waals surface area (Å²) < 4.78 is 19.4. The molecule has 0 amide bonds. The minimum atomic E-state index is -4.32. The van der Waals surface area contributed by atoms with Gasteiger partial charge in [-0.2, -0.15) is 0 Å². The first-order valence-corrected chi connectivity index (χ1v) is 14.3. The first kappa shape index (κ1) is 18.9. The molecule has 112 valence electrons. The van der Waals surface area contributed by atoms with Crippen LogP contribution in [0.15, 0.2) is 0 Å². The molecule has 0 aliphatic rings.